The molecule has 6 nitrogen and oxygen atoms in total. The Bertz CT molecular complexity index is 1100. The fraction of sp³-hybridized carbons (Fsp3) is 0.240. The van der Waals surface area contributed by atoms with Gasteiger partial charge in [0, 0.05) is 12.1 Å². The van der Waals surface area contributed by atoms with Crippen LogP contribution in [0.3, 0.4) is 0 Å². The maximum absolute atomic E-state index is 12.4. The normalized spacial score (nSPS) is 12.5. The average molecular weight is 454 g/mol. The number of fused-ring (bicyclic) bond motifs is 1. The Hall–Kier alpha value is -3.38. The van der Waals surface area contributed by atoms with E-state index in [1.165, 1.54) is 0 Å². The molecule has 4 rings (SSSR count). The second-order valence-corrected chi connectivity index (χ2v) is 7.70. The second-order valence-electron chi connectivity index (χ2n) is 7.32. The first kappa shape index (κ1) is 21.8. The third-order valence-corrected chi connectivity index (χ3v) is 5.69. The summed E-state index contributed by atoms with van der Waals surface area (Å²) in [5.74, 6) is 2.24. The van der Waals surface area contributed by atoms with Crippen molar-refractivity contribution in [3.63, 3.8) is 0 Å². The van der Waals surface area contributed by atoms with Crippen LogP contribution in [0.5, 0.6) is 23.0 Å². The molecule has 0 radical (unpaired) electrons. The third-order valence-electron chi connectivity index (χ3n) is 5.29. The summed E-state index contributed by atoms with van der Waals surface area (Å²) in [5, 5.41) is 3.26. The van der Waals surface area contributed by atoms with Gasteiger partial charge in [0.15, 0.2) is 11.5 Å². The standard InChI is InChI=1S/C25H24ClNO5/c1-29-18-7-3-16(4-8-18)14-31-22-13-21-20(11-12-27-25(21)28)23(26)24(22)32-15-17-5-9-19(30-2)10-6-17/h3-10,13H,11-12,14-15H2,1-2H3,(H,27,28). The molecule has 1 aliphatic rings. The Labute approximate surface area is 192 Å². The van der Waals surface area contributed by atoms with Gasteiger partial charge in [-0.25, -0.2) is 0 Å². The Balaban J connectivity index is 1.60. The summed E-state index contributed by atoms with van der Waals surface area (Å²) in [6, 6.07) is 16.9. The van der Waals surface area contributed by atoms with E-state index in [9.17, 15) is 4.79 Å². The third kappa shape index (κ3) is 4.75. The molecule has 0 saturated carbocycles. The van der Waals surface area contributed by atoms with Crippen molar-refractivity contribution < 1.29 is 23.7 Å². The molecule has 0 aromatic heterocycles. The number of carbonyl (C=O) groups excluding carboxylic acids is 1. The van der Waals surface area contributed by atoms with Crippen LogP contribution in [0.2, 0.25) is 5.02 Å². The summed E-state index contributed by atoms with van der Waals surface area (Å²) in [6.07, 6.45) is 0.636. The van der Waals surface area contributed by atoms with Crippen molar-refractivity contribution in [2.75, 3.05) is 20.8 Å². The van der Waals surface area contributed by atoms with Crippen LogP contribution in [0.25, 0.3) is 0 Å². The minimum absolute atomic E-state index is 0.163. The van der Waals surface area contributed by atoms with Gasteiger partial charge in [-0.05, 0) is 53.4 Å². The Kier molecular flexibility index (Phi) is 6.71. The van der Waals surface area contributed by atoms with Crippen molar-refractivity contribution in [2.45, 2.75) is 19.6 Å². The molecular weight excluding hydrogens is 430 g/mol. The van der Waals surface area contributed by atoms with Crippen LogP contribution in [0.4, 0.5) is 0 Å². The number of halogens is 1. The van der Waals surface area contributed by atoms with Crippen LogP contribution in [-0.4, -0.2) is 26.7 Å². The van der Waals surface area contributed by atoms with Gasteiger partial charge in [-0.2, -0.15) is 0 Å². The van der Waals surface area contributed by atoms with Gasteiger partial charge in [-0.15, -0.1) is 0 Å². The van der Waals surface area contributed by atoms with Gasteiger partial charge in [-0.1, -0.05) is 35.9 Å². The molecule has 32 heavy (non-hydrogen) atoms. The van der Waals surface area contributed by atoms with Gasteiger partial charge in [-0.3, -0.25) is 4.79 Å². The van der Waals surface area contributed by atoms with Gasteiger partial charge in [0.25, 0.3) is 5.91 Å². The van der Waals surface area contributed by atoms with Crippen molar-refractivity contribution in [3.05, 3.63) is 81.9 Å². The van der Waals surface area contributed by atoms with Gasteiger partial charge in [0.05, 0.1) is 19.2 Å². The molecule has 3 aromatic carbocycles. The van der Waals surface area contributed by atoms with E-state index < -0.39 is 0 Å². The van der Waals surface area contributed by atoms with Crippen molar-refractivity contribution in [1.82, 2.24) is 5.32 Å². The maximum Gasteiger partial charge on any atom is 0.251 e. The average Bonchev–Trinajstić information content (AvgIpc) is 2.83. The van der Waals surface area contributed by atoms with Gasteiger partial charge < -0.3 is 24.3 Å². The monoisotopic (exact) mass is 453 g/mol. The van der Waals surface area contributed by atoms with Gasteiger partial charge >= 0.3 is 0 Å². The van der Waals surface area contributed by atoms with E-state index in [-0.39, 0.29) is 5.91 Å². The molecule has 0 unspecified atom stereocenters. The number of hydrogen-bond donors (Lipinski definition) is 1. The predicted molar refractivity (Wildman–Crippen MR) is 122 cm³/mol. The molecule has 0 spiro atoms. The molecule has 1 aliphatic heterocycles. The fourth-order valence-corrected chi connectivity index (χ4v) is 3.84. The van der Waals surface area contributed by atoms with Crippen LogP contribution in [0, 0.1) is 0 Å². The lowest BCUT2D eigenvalue weighted by atomic mass is 9.99. The molecule has 0 fully saturated rings. The van der Waals surface area contributed by atoms with Crippen molar-refractivity contribution in [2.24, 2.45) is 0 Å². The molecule has 1 amide bonds. The molecular formula is C25H24ClNO5. The summed E-state index contributed by atoms with van der Waals surface area (Å²) in [6.45, 7) is 1.13. The largest absolute Gasteiger partial charge is 0.497 e. The summed E-state index contributed by atoms with van der Waals surface area (Å²) in [4.78, 5) is 12.4. The van der Waals surface area contributed by atoms with Crippen LogP contribution < -0.4 is 24.3 Å². The van der Waals surface area contributed by atoms with Crippen LogP contribution in [0.15, 0.2) is 54.6 Å². The Morgan fingerprint density at radius 3 is 2.00 bits per heavy atom. The Morgan fingerprint density at radius 1 is 0.875 bits per heavy atom. The van der Waals surface area contributed by atoms with E-state index in [0.29, 0.717) is 48.3 Å². The highest BCUT2D eigenvalue weighted by Crippen LogP contribution is 2.42. The van der Waals surface area contributed by atoms with E-state index in [2.05, 4.69) is 5.32 Å². The minimum atomic E-state index is -0.163. The topological polar surface area (TPSA) is 66.0 Å². The maximum atomic E-state index is 12.4. The predicted octanol–water partition coefficient (Wildman–Crippen LogP) is 4.80. The zero-order chi connectivity index (χ0) is 22.5. The van der Waals surface area contributed by atoms with E-state index >= 15 is 0 Å². The first-order valence-electron chi connectivity index (χ1n) is 10.2. The second kappa shape index (κ2) is 9.83. The van der Waals surface area contributed by atoms with E-state index in [1.807, 2.05) is 48.5 Å². The number of amides is 1. The first-order valence-corrected chi connectivity index (χ1v) is 10.6. The quantitative estimate of drug-likeness (QED) is 0.530. The molecule has 0 bridgehead atoms. The molecule has 0 aliphatic carbocycles. The van der Waals surface area contributed by atoms with Crippen molar-refractivity contribution >= 4 is 17.5 Å². The molecule has 166 valence electrons. The van der Waals surface area contributed by atoms with Crippen LogP contribution in [-0.2, 0) is 19.6 Å². The highest BCUT2D eigenvalue weighted by Gasteiger charge is 2.25. The number of methoxy groups -OCH3 is 2. The van der Waals surface area contributed by atoms with Crippen molar-refractivity contribution in [1.29, 1.82) is 0 Å². The van der Waals surface area contributed by atoms with Gasteiger partial charge in [0.1, 0.15) is 24.7 Å². The number of rotatable bonds is 8. The summed E-state index contributed by atoms with van der Waals surface area (Å²) >= 11 is 6.71. The number of hydrogen-bond acceptors (Lipinski definition) is 5. The van der Waals surface area contributed by atoms with Crippen molar-refractivity contribution in [3.8, 4) is 23.0 Å². The Morgan fingerprint density at radius 2 is 1.44 bits per heavy atom. The number of benzene rings is 3. The lowest BCUT2D eigenvalue weighted by molar-refractivity contribution is 0.0945. The zero-order valence-electron chi connectivity index (χ0n) is 17.9. The molecule has 1 heterocycles. The van der Waals surface area contributed by atoms with E-state index in [4.69, 9.17) is 30.5 Å². The molecule has 1 N–H and O–H groups in total. The number of nitrogens with one attached hydrogen (secondary N) is 1. The molecule has 0 saturated heterocycles. The highest BCUT2D eigenvalue weighted by molar-refractivity contribution is 6.33. The highest BCUT2D eigenvalue weighted by atomic mass is 35.5. The van der Waals surface area contributed by atoms with E-state index in [1.54, 1.807) is 20.3 Å². The SMILES string of the molecule is COc1ccc(COc2cc3c(c(Cl)c2OCc2ccc(OC)cc2)CCNC3=O)cc1. The lowest BCUT2D eigenvalue weighted by Crippen LogP contribution is -2.32. The lowest BCUT2D eigenvalue weighted by Gasteiger charge is -2.22. The summed E-state index contributed by atoms with van der Waals surface area (Å²) < 4.78 is 22.6. The number of carbonyl (C=O) groups is 1. The van der Waals surface area contributed by atoms with Crippen LogP contribution in [0.1, 0.15) is 27.0 Å². The van der Waals surface area contributed by atoms with Crippen LogP contribution >= 0.6 is 11.6 Å². The summed E-state index contributed by atoms with van der Waals surface area (Å²) in [5.41, 5.74) is 3.20. The number of ether oxygens (including phenoxy) is 4. The summed E-state index contributed by atoms with van der Waals surface area (Å²) in [7, 11) is 3.25. The molecule has 7 heteroatoms. The zero-order valence-corrected chi connectivity index (χ0v) is 18.7. The van der Waals surface area contributed by atoms with Gasteiger partial charge in [0.2, 0.25) is 0 Å². The fourth-order valence-electron chi connectivity index (χ4n) is 3.49. The minimum Gasteiger partial charge on any atom is -0.497 e. The first-order chi connectivity index (χ1) is 15.6. The smallest absolute Gasteiger partial charge is 0.251 e. The molecule has 0 atom stereocenters. The van der Waals surface area contributed by atoms with E-state index in [0.717, 1.165) is 28.2 Å². The molecule has 3 aromatic rings.